The van der Waals surface area contributed by atoms with Crippen LogP contribution in [-0.2, 0) is 11.3 Å². The number of rotatable bonds is 6. The van der Waals surface area contributed by atoms with Crippen LogP contribution in [0, 0.1) is 5.82 Å². The fourth-order valence-electron chi connectivity index (χ4n) is 1.63. The minimum atomic E-state index is -0.494. The van der Waals surface area contributed by atoms with Gasteiger partial charge in [0.1, 0.15) is 11.4 Å². The highest BCUT2D eigenvalue weighted by molar-refractivity contribution is 6.30. The molecule has 0 aliphatic rings. The van der Waals surface area contributed by atoms with Crippen LogP contribution < -0.4 is 10.6 Å². The van der Waals surface area contributed by atoms with Crippen molar-refractivity contribution in [2.75, 3.05) is 13.1 Å². The molecule has 0 atom stereocenters. The standard InChI is InChI=1S/C15H22ClFN2O2/c1-15(2,3)21-14(20)19-9-5-8-18-10-11-6-4-7-12(16)13(11)17/h4,6-7,18H,5,8-10H2,1-3H3,(H,19,20). The van der Waals surface area contributed by atoms with Crippen molar-refractivity contribution in [3.63, 3.8) is 0 Å². The van der Waals surface area contributed by atoms with E-state index in [-0.39, 0.29) is 5.02 Å². The Morgan fingerprint density at radius 2 is 2.05 bits per heavy atom. The SMILES string of the molecule is CC(C)(C)OC(=O)NCCCNCc1cccc(Cl)c1F. The van der Waals surface area contributed by atoms with Crippen molar-refractivity contribution in [3.05, 3.63) is 34.6 Å². The molecule has 118 valence electrons. The van der Waals surface area contributed by atoms with Crippen molar-refractivity contribution < 1.29 is 13.9 Å². The van der Waals surface area contributed by atoms with Gasteiger partial charge in [0, 0.05) is 18.7 Å². The zero-order chi connectivity index (χ0) is 15.9. The molecule has 1 aromatic carbocycles. The summed E-state index contributed by atoms with van der Waals surface area (Å²) in [6.07, 6.45) is 0.296. The zero-order valence-corrected chi connectivity index (χ0v) is 13.4. The van der Waals surface area contributed by atoms with Crippen LogP contribution in [0.15, 0.2) is 18.2 Å². The fraction of sp³-hybridized carbons (Fsp3) is 0.533. The Bertz CT molecular complexity index is 475. The van der Waals surface area contributed by atoms with E-state index in [2.05, 4.69) is 10.6 Å². The Kier molecular flexibility index (Phi) is 6.92. The molecule has 0 bridgehead atoms. The Labute approximate surface area is 130 Å². The van der Waals surface area contributed by atoms with Gasteiger partial charge in [0.05, 0.1) is 5.02 Å². The average molecular weight is 317 g/mol. The van der Waals surface area contributed by atoms with Crippen LogP contribution >= 0.6 is 11.6 Å². The molecule has 0 aliphatic carbocycles. The van der Waals surface area contributed by atoms with E-state index in [4.69, 9.17) is 16.3 Å². The molecule has 0 fully saturated rings. The van der Waals surface area contributed by atoms with Gasteiger partial charge in [0.15, 0.2) is 0 Å². The predicted molar refractivity (Wildman–Crippen MR) is 82.0 cm³/mol. The number of carbonyl (C=O) groups excluding carboxylic acids is 1. The number of carbonyl (C=O) groups is 1. The molecule has 0 spiro atoms. The molecule has 4 nitrogen and oxygen atoms in total. The molecule has 1 aromatic rings. The second kappa shape index (κ2) is 8.20. The lowest BCUT2D eigenvalue weighted by Gasteiger charge is -2.19. The number of ether oxygens (including phenoxy) is 1. The third kappa shape index (κ3) is 7.29. The summed E-state index contributed by atoms with van der Waals surface area (Å²) in [6, 6.07) is 4.92. The smallest absolute Gasteiger partial charge is 0.407 e. The minimum absolute atomic E-state index is 0.126. The minimum Gasteiger partial charge on any atom is -0.444 e. The van der Waals surface area contributed by atoms with Gasteiger partial charge in [-0.05, 0) is 39.8 Å². The topological polar surface area (TPSA) is 50.4 Å². The number of benzene rings is 1. The lowest BCUT2D eigenvalue weighted by atomic mass is 10.2. The third-order valence-corrected chi connectivity index (χ3v) is 2.84. The second-order valence-corrected chi connectivity index (χ2v) is 6.08. The highest BCUT2D eigenvalue weighted by atomic mass is 35.5. The van der Waals surface area contributed by atoms with Gasteiger partial charge in [-0.1, -0.05) is 23.7 Å². The van der Waals surface area contributed by atoms with Crippen molar-refractivity contribution in [2.45, 2.75) is 39.3 Å². The Balaban J connectivity index is 2.15. The van der Waals surface area contributed by atoms with E-state index in [1.165, 1.54) is 6.07 Å². The molecule has 1 rings (SSSR count). The van der Waals surface area contributed by atoms with Crippen LogP contribution in [-0.4, -0.2) is 24.8 Å². The summed E-state index contributed by atoms with van der Waals surface area (Å²) in [5, 5.41) is 5.89. The number of hydrogen-bond acceptors (Lipinski definition) is 3. The summed E-state index contributed by atoms with van der Waals surface area (Å²) in [6.45, 7) is 7.00. The molecule has 0 saturated heterocycles. The van der Waals surface area contributed by atoms with E-state index < -0.39 is 17.5 Å². The van der Waals surface area contributed by atoms with E-state index >= 15 is 0 Å². The van der Waals surface area contributed by atoms with Gasteiger partial charge >= 0.3 is 6.09 Å². The quantitative estimate of drug-likeness (QED) is 0.790. The van der Waals surface area contributed by atoms with E-state index in [1.54, 1.807) is 12.1 Å². The molecule has 21 heavy (non-hydrogen) atoms. The first kappa shape index (κ1) is 17.7. The molecule has 6 heteroatoms. The van der Waals surface area contributed by atoms with Crippen LogP contribution in [0.1, 0.15) is 32.8 Å². The monoisotopic (exact) mass is 316 g/mol. The lowest BCUT2D eigenvalue weighted by Crippen LogP contribution is -2.33. The maximum Gasteiger partial charge on any atom is 0.407 e. The van der Waals surface area contributed by atoms with Crippen molar-refractivity contribution in [2.24, 2.45) is 0 Å². The first-order chi connectivity index (χ1) is 9.79. The Morgan fingerprint density at radius 1 is 1.33 bits per heavy atom. The van der Waals surface area contributed by atoms with Crippen LogP contribution in [0.3, 0.4) is 0 Å². The summed E-state index contributed by atoms with van der Waals surface area (Å²) in [7, 11) is 0. The first-order valence-electron chi connectivity index (χ1n) is 6.90. The summed E-state index contributed by atoms with van der Waals surface area (Å²) < 4.78 is 18.7. The molecule has 1 amide bonds. The molecule has 0 saturated carbocycles. The molecule has 0 unspecified atom stereocenters. The Hall–Kier alpha value is -1.33. The molecule has 0 radical (unpaired) electrons. The number of hydrogen-bond donors (Lipinski definition) is 2. The van der Waals surface area contributed by atoms with Crippen molar-refractivity contribution in [3.8, 4) is 0 Å². The van der Waals surface area contributed by atoms with Crippen molar-refractivity contribution >= 4 is 17.7 Å². The molecule has 2 N–H and O–H groups in total. The molecular weight excluding hydrogens is 295 g/mol. The number of alkyl carbamates (subject to hydrolysis) is 1. The van der Waals surface area contributed by atoms with E-state index in [9.17, 15) is 9.18 Å². The van der Waals surface area contributed by atoms with Gasteiger partial charge < -0.3 is 15.4 Å². The Morgan fingerprint density at radius 3 is 2.71 bits per heavy atom. The van der Waals surface area contributed by atoms with E-state index in [1.807, 2.05) is 20.8 Å². The van der Waals surface area contributed by atoms with Crippen LogP contribution in [0.4, 0.5) is 9.18 Å². The average Bonchev–Trinajstić information content (AvgIpc) is 2.36. The van der Waals surface area contributed by atoms with E-state index in [0.29, 0.717) is 25.2 Å². The van der Waals surface area contributed by atoms with Gasteiger partial charge in [-0.2, -0.15) is 0 Å². The van der Waals surface area contributed by atoms with Gasteiger partial charge in [-0.15, -0.1) is 0 Å². The molecular formula is C15H22ClFN2O2. The molecule has 0 heterocycles. The summed E-state index contributed by atoms with van der Waals surface area (Å²) >= 11 is 5.70. The first-order valence-corrected chi connectivity index (χ1v) is 7.28. The number of amides is 1. The maximum atomic E-state index is 13.6. The van der Waals surface area contributed by atoms with Gasteiger partial charge in [-0.3, -0.25) is 0 Å². The lowest BCUT2D eigenvalue weighted by molar-refractivity contribution is 0.0527. The molecule has 0 aromatic heterocycles. The largest absolute Gasteiger partial charge is 0.444 e. The maximum absolute atomic E-state index is 13.6. The zero-order valence-electron chi connectivity index (χ0n) is 12.6. The van der Waals surface area contributed by atoms with Crippen LogP contribution in [0.25, 0.3) is 0 Å². The highest BCUT2D eigenvalue weighted by Crippen LogP contribution is 2.17. The van der Waals surface area contributed by atoms with Gasteiger partial charge in [-0.25, -0.2) is 9.18 Å². The van der Waals surface area contributed by atoms with Crippen molar-refractivity contribution in [1.29, 1.82) is 0 Å². The number of nitrogens with one attached hydrogen (secondary N) is 2. The van der Waals surface area contributed by atoms with E-state index in [0.717, 1.165) is 6.42 Å². The molecule has 0 aliphatic heterocycles. The predicted octanol–water partition coefficient (Wildman–Crippen LogP) is 3.48. The van der Waals surface area contributed by atoms with Gasteiger partial charge in [0.2, 0.25) is 0 Å². The highest BCUT2D eigenvalue weighted by Gasteiger charge is 2.15. The fourth-order valence-corrected chi connectivity index (χ4v) is 1.82. The van der Waals surface area contributed by atoms with Crippen LogP contribution in [0.5, 0.6) is 0 Å². The van der Waals surface area contributed by atoms with Gasteiger partial charge in [0.25, 0.3) is 0 Å². The number of halogens is 2. The summed E-state index contributed by atoms with van der Waals surface area (Å²) in [5.74, 6) is -0.390. The second-order valence-electron chi connectivity index (χ2n) is 5.67. The van der Waals surface area contributed by atoms with Crippen molar-refractivity contribution in [1.82, 2.24) is 10.6 Å². The van der Waals surface area contributed by atoms with Crippen LogP contribution in [0.2, 0.25) is 5.02 Å². The summed E-state index contributed by atoms with van der Waals surface area (Å²) in [4.78, 5) is 11.4. The third-order valence-electron chi connectivity index (χ3n) is 2.55. The normalized spacial score (nSPS) is 11.3. The summed E-state index contributed by atoms with van der Waals surface area (Å²) in [5.41, 5.74) is 0.0366.